The second kappa shape index (κ2) is 7.60. The van der Waals surface area contributed by atoms with E-state index < -0.39 is 0 Å². The minimum atomic E-state index is -0.294. The lowest BCUT2D eigenvalue weighted by Crippen LogP contribution is -2.37. The van der Waals surface area contributed by atoms with Crippen molar-refractivity contribution in [3.8, 4) is 0 Å². The minimum Gasteiger partial charge on any atom is -0.299 e. The predicted octanol–water partition coefficient (Wildman–Crippen LogP) is 4.81. The highest BCUT2D eigenvalue weighted by molar-refractivity contribution is 6.15. The molecular weight excluding hydrogens is 315 g/mol. The van der Waals surface area contributed by atoms with Crippen LogP contribution in [0.1, 0.15) is 38.7 Å². The Hall–Kier alpha value is -2.49. The van der Waals surface area contributed by atoms with Gasteiger partial charge in [0.15, 0.2) is 0 Å². The zero-order valence-corrected chi connectivity index (χ0v) is 14.7. The van der Waals surface area contributed by atoms with Gasteiger partial charge in [-0.1, -0.05) is 50.1 Å². The Morgan fingerprint density at radius 2 is 1.80 bits per heavy atom. The monoisotopic (exact) mass is 338 g/mol. The topological polar surface area (TPSA) is 32.7 Å². The average Bonchev–Trinajstić information content (AvgIpc) is 3.01. The molecule has 2 aromatic carbocycles. The van der Waals surface area contributed by atoms with Gasteiger partial charge in [0.05, 0.1) is 23.4 Å². The van der Waals surface area contributed by atoms with Crippen LogP contribution in [0, 0.1) is 11.7 Å². The first-order valence-corrected chi connectivity index (χ1v) is 8.81. The number of nitrogens with zero attached hydrogens (tertiary/aromatic N) is 2. The maximum atomic E-state index is 13.3. The van der Waals surface area contributed by atoms with Crippen LogP contribution in [0.2, 0.25) is 0 Å². The summed E-state index contributed by atoms with van der Waals surface area (Å²) < 4.78 is 13.3. The smallest absolute Gasteiger partial charge is 0.141 e. The first-order chi connectivity index (χ1) is 12.1. The van der Waals surface area contributed by atoms with Gasteiger partial charge in [0.1, 0.15) is 11.6 Å². The van der Waals surface area contributed by atoms with E-state index in [1.54, 1.807) is 19.1 Å². The molecule has 0 bridgehead atoms. The highest BCUT2D eigenvalue weighted by atomic mass is 19.1. The highest BCUT2D eigenvalue weighted by Crippen LogP contribution is 2.34. The Labute approximate surface area is 148 Å². The van der Waals surface area contributed by atoms with Crippen molar-refractivity contribution >= 4 is 17.2 Å². The van der Waals surface area contributed by atoms with Crippen LogP contribution in [0.4, 0.5) is 10.1 Å². The number of halogens is 1. The van der Waals surface area contributed by atoms with Gasteiger partial charge in [0.2, 0.25) is 0 Å². The molecule has 25 heavy (non-hydrogen) atoms. The minimum absolute atomic E-state index is 0.0000898. The fraction of sp³-hybridized carbons (Fsp3) is 0.333. The molecule has 2 atom stereocenters. The van der Waals surface area contributed by atoms with Crippen LogP contribution < -0.4 is 5.01 Å². The lowest BCUT2D eigenvalue weighted by atomic mass is 9.85. The molecule has 2 aromatic rings. The van der Waals surface area contributed by atoms with Crippen LogP contribution in [0.3, 0.4) is 0 Å². The first kappa shape index (κ1) is 17.3. The summed E-state index contributed by atoms with van der Waals surface area (Å²) in [4.78, 5) is 12.5. The standard InChI is InChI=1S/C21H23FN2O/c1-3-4-10-19-20(15(2)25)21(16-11-13-17(22)14-12-16)23-24(19)18-8-6-5-7-9-18/h5-9,11-14,19-20H,3-4,10H2,1-2H3. The highest BCUT2D eigenvalue weighted by Gasteiger charge is 2.40. The van der Waals surface area contributed by atoms with Gasteiger partial charge in [0, 0.05) is 0 Å². The molecular formula is C21H23FN2O. The number of benzene rings is 2. The zero-order chi connectivity index (χ0) is 17.8. The largest absolute Gasteiger partial charge is 0.299 e. The number of para-hydroxylation sites is 1. The van der Waals surface area contributed by atoms with E-state index in [0.29, 0.717) is 0 Å². The number of unbranched alkanes of at least 4 members (excludes halogenated alkanes) is 1. The van der Waals surface area contributed by atoms with E-state index in [9.17, 15) is 9.18 Å². The van der Waals surface area contributed by atoms with Crippen LogP contribution in [0.25, 0.3) is 0 Å². The summed E-state index contributed by atoms with van der Waals surface area (Å²) in [6.07, 6.45) is 2.99. The molecule has 4 heteroatoms. The zero-order valence-electron chi connectivity index (χ0n) is 14.7. The number of hydrogen-bond donors (Lipinski definition) is 0. The fourth-order valence-corrected chi connectivity index (χ4v) is 3.43. The van der Waals surface area contributed by atoms with Gasteiger partial charge >= 0.3 is 0 Å². The Bertz CT molecular complexity index is 755. The van der Waals surface area contributed by atoms with Gasteiger partial charge < -0.3 is 0 Å². The SMILES string of the molecule is CCCCC1C(C(C)=O)C(c2ccc(F)cc2)=NN1c1ccccc1. The number of carbonyl (C=O) groups excluding carboxylic acids is 1. The summed E-state index contributed by atoms with van der Waals surface area (Å²) in [5.74, 6) is -0.482. The van der Waals surface area contributed by atoms with Crippen LogP contribution in [0.15, 0.2) is 59.7 Å². The number of hydrazone groups is 1. The van der Waals surface area contributed by atoms with Gasteiger partial charge in [-0.25, -0.2) is 4.39 Å². The summed E-state index contributed by atoms with van der Waals surface area (Å²) in [6, 6.07) is 16.2. The molecule has 0 radical (unpaired) electrons. The van der Waals surface area contributed by atoms with E-state index in [2.05, 4.69) is 6.92 Å². The van der Waals surface area contributed by atoms with E-state index in [1.165, 1.54) is 12.1 Å². The number of ketones is 1. The van der Waals surface area contributed by atoms with Crippen LogP contribution in [-0.2, 0) is 4.79 Å². The van der Waals surface area contributed by atoms with Gasteiger partial charge in [0.25, 0.3) is 0 Å². The molecule has 3 nitrogen and oxygen atoms in total. The molecule has 1 aliphatic rings. The molecule has 0 aromatic heterocycles. The van der Waals surface area contributed by atoms with E-state index >= 15 is 0 Å². The summed E-state index contributed by atoms with van der Waals surface area (Å²) >= 11 is 0. The Balaban J connectivity index is 2.04. The summed E-state index contributed by atoms with van der Waals surface area (Å²) in [6.45, 7) is 3.77. The lowest BCUT2D eigenvalue weighted by molar-refractivity contribution is -0.119. The van der Waals surface area contributed by atoms with Gasteiger partial charge in [-0.05, 0) is 43.2 Å². The molecule has 0 aliphatic carbocycles. The van der Waals surface area contributed by atoms with Crippen molar-refractivity contribution in [1.29, 1.82) is 0 Å². The number of hydrogen-bond acceptors (Lipinski definition) is 3. The molecule has 0 spiro atoms. The molecule has 1 aliphatic heterocycles. The van der Waals surface area contributed by atoms with Crippen molar-refractivity contribution in [3.05, 3.63) is 66.0 Å². The van der Waals surface area contributed by atoms with E-state index in [-0.39, 0.29) is 23.6 Å². The van der Waals surface area contributed by atoms with E-state index in [4.69, 9.17) is 5.10 Å². The molecule has 1 heterocycles. The normalized spacial score (nSPS) is 19.8. The lowest BCUT2D eigenvalue weighted by Gasteiger charge is -2.27. The third kappa shape index (κ3) is 3.63. The van der Waals surface area contributed by atoms with Crippen LogP contribution in [-0.4, -0.2) is 17.5 Å². The molecule has 0 saturated carbocycles. The summed E-state index contributed by atoms with van der Waals surface area (Å²) in [5, 5.41) is 6.77. The van der Waals surface area contributed by atoms with Crippen molar-refractivity contribution in [2.75, 3.05) is 5.01 Å². The van der Waals surface area contributed by atoms with Crippen LogP contribution in [0.5, 0.6) is 0 Å². The Morgan fingerprint density at radius 3 is 2.40 bits per heavy atom. The van der Waals surface area contributed by atoms with Crippen molar-refractivity contribution in [1.82, 2.24) is 0 Å². The molecule has 0 fully saturated rings. The van der Waals surface area contributed by atoms with E-state index in [1.807, 2.05) is 35.3 Å². The van der Waals surface area contributed by atoms with E-state index in [0.717, 1.165) is 36.2 Å². The van der Waals surface area contributed by atoms with Crippen molar-refractivity contribution in [3.63, 3.8) is 0 Å². The molecule has 2 unspecified atom stereocenters. The summed E-state index contributed by atoms with van der Waals surface area (Å²) in [7, 11) is 0. The van der Waals surface area contributed by atoms with Gasteiger partial charge in [-0.15, -0.1) is 0 Å². The second-order valence-electron chi connectivity index (χ2n) is 6.47. The average molecular weight is 338 g/mol. The quantitative estimate of drug-likeness (QED) is 0.757. The maximum absolute atomic E-state index is 13.3. The number of carbonyl (C=O) groups is 1. The fourth-order valence-electron chi connectivity index (χ4n) is 3.43. The van der Waals surface area contributed by atoms with Crippen LogP contribution >= 0.6 is 0 Å². The number of anilines is 1. The van der Waals surface area contributed by atoms with Gasteiger partial charge in [-0.3, -0.25) is 9.80 Å². The summed E-state index contributed by atoms with van der Waals surface area (Å²) in [5.41, 5.74) is 2.52. The Kier molecular flexibility index (Phi) is 5.27. The molecule has 0 amide bonds. The number of Topliss-reactive ketones (excluding diaryl/α,β-unsaturated/α-hetero) is 1. The maximum Gasteiger partial charge on any atom is 0.141 e. The van der Waals surface area contributed by atoms with Crippen molar-refractivity contribution in [2.45, 2.75) is 39.2 Å². The molecule has 3 rings (SSSR count). The number of rotatable bonds is 6. The molecule has 130 valence electrons. The Morgan fingerprint density at radius 1 is 1.12 bits per heavy atom. The molecule has 0 saturated heterocycles. The molecule has 0 N–H and O–H groups in total. The van der Waals surface area contributed by atoms with Crippen molar-refractivity contribution < 1.29 is 9.18 Å². The van der Waals surface area contributed by atoms with Gasteiger partial charge in [-0.2, -0.15) is 5.10 Å². The first-order valence-electron chi connectivity index (χ1n) is 8.81. The van der Waals surface area contributed by atoms with Crippen molar-refractivity contribution in [2.24, 2.45) is 11.0 Å². The third-order valence-corrected chi connectivity index (χ3v) is 4.66. The predicted molar refractivity (Wildman–Crippen MR) is 99.3 cm³/mol. The second-order valence-corrected chi connectivity index (χ2v) is 6.47. The third-order valence-electron chi connectivity index (χ3n) is 4.66.